The molecule has 1 atom stereocenters. The van der Waals surface area contributed by atoms with E-state index < -0.39 is 0 Å². The predicted molar refractivity (Wildman–Crippen MR) is 112 cm³/mol. The molecule has 1 aromatic carbocycles. The van der Waals surface area contributed by atoms with Gasteiger partial charge in [0.15, 0.2) is 5.96 Å². The molecule has 4 nitrogen and oxygen atoms in total. The summed E-state index contributed by atoms with van der Waals surface area (Å²) in [6.45, 7) is 11.8. The van der Waals surface area contributed by atoms with Crippen molar-refractivity contribution in [2.24, 2.45) is 4.99 Å². The van der Waals surface area contributed by atoms with Gasteiger partial charge in [0.2, 0.25) is 0 Å². The van der Waals surface area contributed by atoms with Gasteiger partial charge >= 0.3 is 0 Å². The number of rotatable bonds is 9. The Balaban J connectivity index is 0.00000484. The predicted octanol–water partition coefficient (Wildman–Crippen LogP) is 2.91. The Kier molecular flexibility index (Phi) is 12.7. The van der Waals surface area contributed by atoms with E-state index in [1.165, 1.54) is 5.56 Å². The lowest BCUT2D eigenvalue weighted by atomic mass is 10.0. The van der Waals surface area contributed by atoms with Crippen molar-refractivity contribution in [2.75, 3.05) is 33.2 Å². The fourth-order valence-corrected chi connectivity index (χ4v) is 2.56. The van der Waals surface area contributed by atoms with Gasteiger partial charge in [-0.15, -0.1) is 30.6 Å². The minimum absolute atomic E-state index is 0. The molecule has 1 aromatic rings. The van der Waals surface area contributed by atoms with E-state index in [1.807, 2.05) is 6.08 Å². The number of likely N-dealkylation sites (N-methyl/N-ethyl adjacent to an activating group) is 1. The van der Waals surface area contributed by atoms with Gasteiger partial charge in [-0.25, -0.2) is 0 Å². The average Bonchev–Trinajstić information content (AvgIpc) is 2.56. The number of hydrogen-bond donors (Lipinski definition) is 2. The third-order valence-corrected chi connectivity index (χ3v) is 3.79. The molecule has 0 amide bonds. The molecule has 5 heteroatoms. The normalized spacial score (nSPS) is 12.4. The van der Waals surface area contributed by atoms with E-state index in [0.717, 1.165) is 32.0 Å². The number of aliphatic imine (C=N–C) groups is 1. The Hall–Kier alpha value is -1.08. The number of benzene rings is 1. The summed E-state index contributed by atoms with van der Waals surface area (Å²) >= 11 is 0. The molecule has 0 aromatic heterocycles. The van der Waals surface area contributed by atoms with Crippen LogP contribution in [0.25, 0.3) is 0 Å². The van der Waals surface area contributed by atoms with Crippen molar-refractivity contribution in [1.82, 2.24) is 15.5 Å². The highest BCUT2D eigenvalue weighted by atomic mass is 127. The van der Waals surface area contributed by atoms with Gasteiger partial charge in [0.25, 0.3) is 0 Å². The van der Waals surface area contributed by atoms with Crippen LogP contribution >= 0.6 is 24.0 Å². The monoisotopic (exact) mass is 430 g/mol. The van der Waals surface area contributed by atoms with E-state index in [0.29, 0.717) is 12.6 Å². The van der Waals surface area contributed by atoms with Gasteiger partial charge in [0.05, 0.1) is 0 Å². The standard InChI is InChI=1S/C18H30N4.HI/c1-5-13-20-18(19-4)21-15-17(22(6-2)7-3)14-16-11-9-8-10-12-16;/h5,8-12,17H,1,6-7,13-15H2,2-4H3,(H2,19,20,21);1H. The smallest absolute Gasteiger partial charge is 0.191 e. The summed E-state index contributed by atoms with van der Waals surface area (Å²) in [6.07, 6.45) is 2.87. The maximum atomic E-state index is 4.24. The lowest BCUT2D eigenvalue weighted by Gasteiger charge is -2.30. The molecule has 2 N–H and O–H groups in total. The van der Waals surface area contributed by atoms with Crippen LogP contribution in [0.15, 0.2) is 48.0 Å². The van der Waals surface area contributed by atoms with E-state index in [-0.39, 0.29) is 24.0 Å². The SMILES string of the molecule is C=CCNC(=NC)NCC(Cc1ccccc1)N(CC)CC.I. The molecular weight excluding hydrogens is 399 g/mol. The first-order chi connectivity index (χ1) is 10.7. The number of hydrogen-bond acceptors (Lipinski definition) is 2. The Morgan fingerprint density at radius 1 is 1.22 bits per heavy atom. The highest BCUT2D eigenvalue weighted by Gasteiger charge is 2.16. The fourth-order valence-electron chi connectivity index (χ4n) is 2.56. The third kappa shape index (κ3) is 8.37. The van der Waals surface area contributed by atoms with Crippen LogP contribution in [-0.2, 0) is 6.42 Å². The Bertz CT molecular complexity index is 444. The molecule has 0 aliphatic heterocycles. The highest BCUT2D eigenvalue weighted by Crippen LogP contribution is 2.08. The Morgan fingerprint density at radius 3 is 2.39 bits per heavy atom. The quantitative estimate of drug-likeness (QED) is 0.274. The summed E-state index contributed by atoms with van der Waals surface area (Å²) in [6, 6.07) is 11.1. The van der Waals surface area contributed by atoms with Crippen molar-refractivity contribution in [3.05, 3.63) is 48.6 Å². The van der Waals surface area contributed by atoms with E-state index in [9.17, 15) is 0 Å². The second kappa shape index (κ2) is 13.4. The van der Waals surface area contributed by atoms with Gasteiger partial charge in [-0.2, -0.15) is 0 Å². The van der Waals surface area contributed by atoms with Gasteiger partial charge < -0.3 is 10.6 Å². The van der Waals surface area contributed by atoms with E-state index in [1.54, 1.807) is 7.05 Å². The molecule has 0 heterocycles. The number of nitrogens with zero attached hydrogens (tertiary/aromatic N) is 2. The van der Waals surface area contributed by atoms with Crippen LogP contribution < -0.4 is 10.6 Å². The molecule has 0 fully saturated rings. The molecule has 0 radical (unpaired) electrons. The van der Waals surface area contributed by atoms with Crippen LogP contribution in [0, 0.1) is 0 Å². The summed E-state index contributed by atoms with van der Waals surface area (Å²) in [5.74, 6) is 0.824. The number of guanidine groups is 1. The van der Waals surface area contributed by atoms with Crippen molar-refractivity contribution in [1.29, 1.82) is 0 Å². The molecular formula is C18H31IN4. The molecule has 130 valence electrons. The minimum atomic E-state index is 0. The van der Waals surface area contributed by atoms with Gasteiger partial charge in [0.1, 0.15) is 0 Å². The topological polar surface area (TPSA) is 39.7 Å². The second-order valence-corrected chi connectivity index (χ2v) is 5.19. The fraction of sp³-hybridized carbons (Fsp3) is 0.500. The summed E-state index contributed by atoms with van der Waals surface area (Å²) in [4.78, 5) is 6.73. The van der Waals surface area contributed by atoms with Crippen LogP contribution in [0.2, 0.25) is 0 Å². The van der Waals surface area contributed by atoms with Crippen molar-refractivity contribution < 1.29 is 0 Å². The average molecular weight is 430 g/mol. The maximum Gasteiger partial charge on any atom is 0.191 e. The summed E-state index contributed by atoms with van der Waals surface area (Å²) in [5, 5.41) is 6.64. The zero-order valence-electron chi connectivity index (χ0n) is 14.6. The van der Waals surface area contributed by atoms with Crippen LogP contribution in [0.1, 0.15) is 19.4 Å². The van der Waals surface area contributed by atoms with Gasteiger partial charge in [-0.05, 0) is 25.1 Å². The van der Waals surface area contributed by atoms with Crippen LogP contribution in [-0.4, -0.2) is 50.1 Å². The first-order valence-electron chi connectivity index (χ1n) is 8.08. The zero-order chi connectivity index (χ0) is 16.2. The Labute approximate surface area is 158 Å². The lowest BCUT2D eigenvalue weighted by molar-refractivity contribution is 0.215. The second-order valence-electron chi connectivity index (χ2n) is 5.19. The minimum Gasteiger partial charge on any atom is -0.355 e. The molecule has 0 spiro atoms. The van der Waals surface area contributed by atoms with Crippen molar-refractivity contribution >= 4 is 29.9 Å². The van der Waals surface area contributed by atoms with Crippen molar-refractivity contribution in [3.8, 4) is 0 Å². The molecule has 0 saturated carbocycles. The maximum absolute atomic E-state index is 4.24. The largest absolute Gasteiger partial charge is 0.355 e. The van der Waals surface area contributed by atoms with Crippen LogP contribution in [0.5, 0.6) is 0 Å². The molecule has 1 rings (SSSR count). The van der Waals surface area contributed by atoms with Gasteiger partial charge in [-0.3, -0.25) is 9.89 Å². The van der Waals surface area contributed by atoms with Gasteiger partial charge in [0, 0.05) is 26.2 Å². The lowest BCUT2D eigenvalue weighted by Crippen LogP contribution is -2.48. The summed E-state index contributed by atoms with van der Waals surface area (Å²) < 4.78 is 0. The molecule has 23 heavy (non-hydrogen) atoms. The van der Waals surface area contributed by atoms with Crippen LogP contribution in [0.3, 0.4) is 0 Å². The van der Waals surface area contributed by atoms with Gasteiger partial charge in [-0.1, -0.05) is 50.3 Å². The van der Waals surface area contributed by atoms with E-state index >= 15 is 0 Å². The first-order valence-corrected chi connectivity index (χ1v) is 8.08. The first kappa shape index (κ1) is 21.9. The third-order valence-electron chi connectivity index (χ3n) is 3.79. The Morgan fingerprint density at radius 2 is 1.87 bits per heavy atom. The highest BCUT2D eigenvalue weighted by molar-refractivity contribution is 14.0. The van der Waals surface area contributed by atoms with Crippen molar-refractivity contribution in [2.45, 2.75) is 26.3 Å². The summed E-state index contributed by atoms with van der Waals surface area (Å²) in [5.41, 5.74) is 1.37. The molecule has 0 aliphatic rings. The van der Waals surface area contributed by atoms with Crippen molar-refractivity contribution in [3.63, 3.8) is 0 Å². The molecule has 1 unspecified atom stereocenters. The van der Waals surface area contributed by atoms with E-state index in [4.69, 9.17) is 0 Å². The number of nitrogens with one attached hydrogen (secondary N) is 2. The number of halogens is 1. The van der Waals surface area contributed by atoms with E-state index in [2.05, 4.69) is 71.3 Å². The van der Waals surface area contributed by atoms with Crippen LogP contribution in [0.4, 0.5) is 0 Å². The molecule has 0 aliphatic carbocycles. The molecule has 0 saturated heterocycles. The zero-order valence-corrected chi connectivity index (χ0v) is 16.9. The molecule has 0 bridgehead atoms. The summed E-state index contributed by atoms with van der Waals surface area (Å²) in [7, 11) is 1.79.